The third-order valence-electron chi connectivity index (χ3n) is 10.0. The number of ether oxygens (including phenoxy) is 2. The number of hydrogen-bond acceptors (Lipinski definition) is 8. The number of hydrogen-bond donors (Lipinski definition) is 5. The van der Waals surface area contributed by atoms with Gasteiger partial charge in [-0.2, -0.15) is 0 Å². The average Bonchev–Trinajstić information content (AvgIpc) is 2.72. The van der Waals surface area contributed by atoms with E-state index in [1.54, 1.807) is 20.8 Å². The molecule has 2 saturated carbocycles. The van der Waals surface area contributed by atoms with Crippen LogP contribution < -0.4 is 0 Å². The molecule has 1 saturated heterocycles. The van der Waals surface area contributed by atoms with Crippen molar-refractivity contribution in [2.45, 2.75) is 109 Å². The van der Waals surface area contributed by atoms with Gasteiger partial charge in [0.05, 0.1) is 30.5 Å². The fourth-order valence-corrected chi connectivity index (χ4v) is 7.88. The van der Waals surface area contributed by atoms with E-state index in [2.05, 4.69) is 0 Å². The minimum absolute atomic E-state index is 0. The van der Waals surface area contributed by atoms with Crippen molar-refractivity contribution < 1.29 is 128 Å². The molecule has 200 valence electrons. The van der Waals surface area contributed by atoms with E-state index in [4.69, 9.17) is 9.47 Å². The van der Waals surface area contributed by atoms with Crippen LogP contribution in [0.4, 0.5) is 0 Å². The number of esters is 1. The molecule has 0 aromatic heterocycles. The Morgan fingerprint density at radius 1 is 1.11 bits per heavy atom. The molecule has 3 aliphatic carbocycles. The van der Waals surface area contributed by atoms with E-state index in [0.717, 1.165) is 0 Å². The third-order valence-corrected chi connectivity index (χ3v) is 10.0. The normalized spacial score (nSPS) is 46.0. The maximum Gasteiger partial charge on any atom is 0.335 e. The van der Waals surface area contributed by atoms with Crippen molar-refractivity contribution in [2.75, 3.05) is 6.61 Å². The Labute approximate surface area is 286 Å². The van der Waals surface area contributed by atoms with Gasteiger partial charge in [0.25, 0.3) is 0 Å². The Morgan fingerprint density at radius 2 is 1.69 bits per heavy atom. The summed E-state index contributed by atoms with van der Waals surface area (Å²) < 4.78 is 11.3. The first-order chi connectivity index (χ1) is 15.5. The molecule has 0 amide bonds. The summed E-state index contributed by atoms with van der Waals surface area (Å²) in [6.07, 6.45) is -3.96. The van der Waals surface area contributed by atoms with Crippen LogP contribution in [0.25, 0.3) is 0 Å². The first-order valence-electron chi connectivity index (χ1n) is 12.5. The monoisotopic (exact) mass is 936 g/mol. The number of rotatable bonds is 3. The largest absolute Gasteiger partial charge is 0.456 e. The van der Waals surface area contributed by atoms with Gasteiger partial charge in [-0.05, 0) is 36.3 Å². The molecule has 36 heavy (non-hydrogen) atoms. The van der Waals surface area contributed by atoms with Crippen molar-refractivity contribution in [3.8, 4) is 0 Å². The zero-order valence-electron chi connectivity index (χ0n) is 22.6. The van der Waals surface area contributed by atoms with Gasteiger partial charge >= 0.3 is 5.97 Å². The summed E-state index contributed by atoms with van der Waals surface area (Å²) in [5.41, 5.74) is -3.20. The van der Waals surface area contributed by atoms with Crippen molar-refractivity contribution in [3.05, 3.63) is 11.1 Å². The second-order valence-electron chi connectivity index (χ2n) is 12.5. The summed E-state index contributed by atoms with van der Waals surface area (Å²) in [6.45, 7) is 12.9. The topological polar surface area (TPSA) is 137 Å². The quantitative estimate of drug-likeness (QED) is 0.212. The molecule has 5 N–H and O–H groups in total. The molecular formula is C26H42Ac2O8. The van der Waals surface area contributed by atoms with E-state index in [1.165, 1.54) is 0 Å². The smallest absolute Gasteiger partial charge is 0.335 e. The van der Waals surface area contributed by atoms with Crippen molar-refractivity contribution in [1.29, 1.82) is 0 Å². The first-order valence-corrected chi connectivity index (χ1v) is 12.5. The zero-order chi connectivity index (χ0) is 25.6. The summed E-state index contributed by atoms with van der Waals surface area (Å²) in [4.78, 5) is 12.6. The van der Waals surface area contributed by atoms with Crippen LogP contribution in [0.1, 0.15) is 67.7 Å². The van der Waals surface area contributed by atoms with Crippen LogP contribution in [0.5, 0.6) is 0 Å². The van der Waals surface area contributed by atoms with Gasteiger partial charge in [-0.25, -0.2) is 4.79 Å². The van der Waals surface area contributed by atoms with E-state index in [1.807, 2.05) is 27.7 Å². The van der Waals surface area contributed by atoms with Crippen molar-refractivity contribution in [1.82, 2.24) is 0 Å². The van der Waals surface area contributed by atoms with E-state index < -0.39 is 70.4 Å². The van der Waals surface area contributed by atoms with Crippen LogP contribution in [-0.2, 0) is 14.3 Å². The standard InChI is InChI=1S/C26H42O8.2Ac/c1-12(2)20(29)22(30)34-16-10-26(32)14(4)21-24(7,17(28)8-18-25(21,31)11-33-18)9-15(27)19(13(16)3)23(26,5)6;;/h12,14-18,20-21,27-29,31-32H,8-11H2,1-7H3;;. The molecule has 4 aliphatic rings. The minimum atomic E-state index is -1.48. The summed E-state index contributed by atoms with van der Waals surface area (Å²) in [5.74, 6) is -2.17. The van der Waals surface area contributed by atoms with Gasteiger partial charge in [0.1, 0.15) is 11.7 Å². The van der Waals surface area contributed by atoms with E-state index in [-0.39, 0.29) is 120 Å². The number of fused-ring (bicyclic) bond motifs is 5. The zero-order valence-corrected chi connectivity index (χ0v) is 32.1. The maximum absolute atomic E-state index is 12.6. The van der Waals surface area contributed by atoms with Crippen LogP contribution in [0.15, 0.2) is 11.1 Å². The van der Waals surface area contributed by atoms with E-state index >= 15 is 0 Å². The Morgan fingerprint density at radius 3 is 2.19 bits per heavy atom. The van der Waals surface area contributed by atoms with Gasteiger partial charge in [0.2, 0.25) is 0 Å². The molecule has 0 spiro atoms. The molecule has 10 atom stereocenters. The van der Waals surface area contributed by atoms with Crippen LogP contribution in [0.3, 0.4) is 0 Å². The molecule has 0 aromatic rings. The van der Waals surface area contributed by atoms with E-state index in [9.17, 15) is 30.3 Å². The fraction of sp³-hybridized carbons (Fsp3) is 0.885. The molecule has 4 rings (SSSR count). The van der Waals surface area contributed by atoms with E-state index in [0.29, 0.717) is 11.1 Å². The number of carbonyl (C=O) groups excluding carboxylic acids is 1. The number of carbonyl (C=O) groups is 1. The van der Waals surface area contributed by atoms with Crippen LogP contribution in [0, 0.1) is 117 Å². The molecule has 0 aromatic carbocycles. The fourth-order valence-electron chi connectivity index (χ4n) is 7.88. The molecule has 3 fully saturated rings. The van der Waals surface area contributed by atoms with Crippen LogP contribution in [0.2, 0.25) is 0 Å². The molecule has 2 radical (unpaired) electrons. The molecule has 10 unspecified atom stereocenters. The van der Waals surface area contributed by atoms with Crippen molar-refractivity contribution in [3.63, 3.8) is 0 Å². The Balaban J connectivity index is 0.00000228. The second-order valence-corrected chi connectivity index (χ2v) is 12.5. The van der Waals surface area contributed by atoms with Gasteiger partial charge in [-0.1, -0.05) is 41.5 Å². The Kier molecular flexibility index (Phi) is 10.7. The number of aliphatic hydroxyl groups is 5. The third kappa shape index (κ3) is 4.84. The Hall–Kier alpha value is 1.85. The molecule has 2 bridgehead atoms. The van der Waals surface area contributed by atoms with Gasteiger partial charge in [0.15, 0.2) is 6.10 Å². The second kappa shape index (κ2) is 11.3. The summed E-state index contributed by atoms with van der Waals surface area (Å²) in [6, 6.07) is 0. The Bertz CT molecular complexity index is 893. The maximum atomic E-state index is 12.6. The van der Waals surface area contributed by atoms with Crippen LogP contribution >= 0.6 is 0 Å². The summed E-state index contributed by atoms with van der Waals surface area (Å²) >= 11 is 0. The average molecular weight is 937 g/mol. The molecular weight excluding hydrogens is 894 g/mol. The number of aliphatic hydroxyl groups excluding tert-OH is 3. The summed E-state index contributed by atoms with van der Waals surface area (Å²) in [7, 11) is 0. The minimum Gasteiger partial charge on any atom is -0.456 e. The van der Waals surface area contributed by atoms with Crippen molar-refractivity contribution in [2.24, 2.45) is 28.6 Å². The summed E-state index contributed by atoms with van der Waals surface area (Å²) in [5, 5.41) is 57.1. The predicted octanol–water partition coefficient (Wildman–Crippen LogP) is 1.31. The molecule has 10 heteroatoms. The van der Waals surface area contributed by atoms with Crippen LogP contribution in [-0.4, -0.2) is 79.8 Å². The predicted molar refractivity (Wildman–Crippen MR) is 123 cm³/mol. The SMILES string of the molecule is CC1=C2C(O)CC3(C)C(O)CC4OCC4(O)C3C(C)C(O)(CC1OC(=O)C(O)C(C)C)C2(C)C.[Ac].[Ac]. The first kappa shape index (κ1) is 34.1. The molecule has 8 nitrogen and oxygen atoms in total. The van der Waals surface area contributed by atoms with Crippen molar-refractivity contribution >= 4 is 5.97 Å². The van der Waals surface area contributed by atoms with Gasteiger partial charge in [0, 0.05) is 118 Å². The molecule has 1 aliphatic heterocycles. The van der Waals surface area contributed by atoms with Gasteiger partial charge in [-0.3, -0.25) is 0 Å². The van der Waals surface area contributed by atoms with Gasteiger partial charge < -0.3 is 35.0 Å². The molecule has 1 heterocycles. The van der Waals surface area contributed by atoms with Gasteiger partial charge in [-0.15, -0.1) is 0 Å².